The van der Waals surface area contributed by atoms with Gasteiger partial charge in [0.1, 0.15) is 0 Å². The third kappa shape index (κ3) is 4.77. The molecule has 2 aromatic carbocycles. The van der Waals surface area contributed by atoms with Crippen molar-refractivity contribution in [3.05, 3.63) is 60.2 Å². The van der Waals surface area contributed by atoms with E-state index in [1.54, 1.807) is 12.1 Å². The normalized spacial score (nSPS) is 11.5. The molecule has 0 saturated carbocycles. The number of benzene rings is 2. The number of sulfonamides is 1. The first-order valence-corrected chi connectivity index (χ1v) is 9.13. The van der Waals surface area contributed by atoms with Gasteiger partial charge in [-0.15, -0.1) is 0 Å². The van der Waals surface area contributed by atoms with Crippen LogP contribution in [0.5, 0.6) is 0 Å². The fourth-order valence-electron chi connectivity index (χ4n) is 2.29. The van der Waals surface area contributed by atoms with Crippen LogP contribution in [0.2, 0.25) is 0 Å². The topological polar surface area (TPSA) is 49.4 Å². The second-order valence-electron chi connectivity index (χ2n) is 5.63. The third-order valence-corrected chi connectivity index (χ3v) is 3.93. The van der Waals surface area contributed by atoms with Crippen LogP contribution < -0.4 is 9.62 Å². The fourth-order valence-corrected chi connectivity index (χ4v) is 2.85. The summed E-state index contributed by atoms with van der Waals surface area (Å²) in [7, 11) is -3.24. The van der Waals surface area contributed by atoms with Crippen LogP contribution >= 0.6 is 0 Å². The average Bonchev–Trinajstić information content (AvgIpc) is 2.45. The van der Waals surface area contributed by atoms with Crippen molar-refractivity contribution in [2.24, 2.45) is 0 Å². The molecule has 0 unspecified atom stereocenters. The molecule has 1 N–H and O–H groups in total. The zero-order valence-corrected chi connectivity index (χ0v) is 14.0. The second kappa shape index (κ2) is 6.83. The van der Waals surface area contributed by atoms with Crippen LogP contribution in [0.4, 0.5) is 11.4 Å². The van der Waals surface area contributed by atoms with E-state index in [4.69, 9.17) is 0 Å². The molecule has 0 aliphatic rings. The number of hydrogen-bond donors (Lipinski definition) is 1. The first-order valence-electron chi connectivity index (χ1n) is 7.23. The molecule has 0 spiro atoms. The summed E-state index contributed by atoms with van der Waals surface area (Å²) in [5, 5.41) is 0. The molecule has 2 rings (SSSR count). The van der Waals surface area contributed by atoms with E-state index in [-0.39, 0.29) is 0 Å². The minimum absolute atomic E-state index is 0.342. The molecule has 0 heterocycles. The minimum atomic E-state index is -3.24. The largest absolute Gasteiger partial charge is 0.365 e. The summed E-state index contributed by atoms with van der Waals surface area (Å²) < 4.78 is 25.0. The van der Waals surface area contributed by atoms with E-state index in [9.17, 15) is 8.42 Å². The van der Waals surface area contributed by atoms with Gasteiger partial charge in [0.25, 0.3) is 0 Å². The lowest BCUT2D eigenvalue weighted by molar-refractivity contribution is 0.607. The van der Waals surface area contributed by atoms with Gasteiger partial charge >= 0.3 is 0 Å². The van der Waals surface area contributed by atoms with Gasteiger partial charge in [-0.2, -0.15) is 0 Å². The van der Waals surface area contributed by atoms with Crippen molar-refractivity contribution in [3.8, 4) is 0 Å². The second-order valence-corrected chi connectivity index (χ2v) is 7.38. The van der Waals surface area contributed by atoms with Gasteiger partial charge < -0.3 is 4.90 Å². The monoisotopic (exact) mass is 318 g/mol. The molecular formula is C17H22N2O2S. The molecule has 0 radical (unpaired) electrons. The molecule has 0 atom stereocenters. The summed E-state index contributed by atoms with van der Waals surface area (Å²) >= 11 is 0. The smallest absolute Gasteiger partial charge is 0.229 e. The third-order valence-electron chi connectivity index (χ3n) is 3.32. The Morgan fingerprint density at radius 1 is 1.00 bits per heavy atom. The van der Waals surface area contributed by atoms with E-state index in [1.807, 2.05) is 30.3 Å². The first-order chi connectivity index (χ1) is 10.3. The van der Waals surface area contributed by atoms with Gasteiger partial charge in [0, 0.05) is 24.0 Å². The van der Waals surface area contributed by atoms with Crippen molar-refractivity contribution in [1.29, 1.82) is 0 Å². The Bertz CT molecular complexity index is 695. The van der Waals surface area contributed by atoms with E-state index in [1.165, 1.54) is 5.56 Å². The highest BCUT2D eigenvalue weighted by Gasteiger charge is 2.11. The molecule has 4 nitrogen and oxygen atoms in total. The van der Waals surface area contributed by atoms with Crippen molar-refractivity contribution in [2.75, 3.05) is 15.9 Å². The molecule has 0 aromatic heterocycles. The van der Waals surface area contributed by atoms with E-state index >= 15 is 0 Å². The maximum absolute atomic E-state index is 11.2. The predicted molar refractivity (Wildman–Crippen MR) is 92.7 cm³/mol. The Morgan fingerprint density at radius 3 is 2.09 bits per heavy atom. The minimum Gasteiger partial charge on any atom is -0.365 e. The van der Waals surface area contributed by atoms with Crippen LogP contribution in [0, 0.1) is 0 Å². The summed E-state index contributed by atoms with van der Waals surface area (Å²) in [5.41, 5.74) is 2.89. The molecule has 0 amide bonds. The Labute approximate surface area is 132 Å². The Morgan fingerprint density at radius 2 is 1.59 bits per heavy atom. The summed E-state index contributed by atoms with van der Waals surface area (Å²) in [6.07, 6.45) is 1.15. The van der Waals surface area contributed by atoms with E-state index in [2.05, 4.69) is 35.6 Å². The quantitative estimate of drug-likeness (QED) is 0.887. The number of nitrogens with zero attached hydrogens (tertiary/aromatic N) is 1. The highest BCUT2D eigenvalue weighted by atomic mass is 32.2. The molecule has 0 aliphatic heterocycles. The van der Waals surface area contributed by atoms with Gasteiger partial charge in [-0.1, -0.05) is 30.3 Å². The predicted octanol–water partition coefficient (Wildman–Crippen LogP) is 3.47. The summed E-state index contributed by atoms with van der Waals surface area (Å²) in [6, 6.07) is 18.1. The molecule has 0 fully saturated rings. The molecule has 0 saturated heterocycles. The van der Waals surface area contributed by atoms with Crippen molar-refractivity contribution in [1.82, 2.24) is 0 Å². The summed E-state index contributed by atoms with van der Waals surface area (Å²) in [6.45, 7) is 5.11. The van der Waals surface area contributed by atoms with Crippen LogP contribution in [-0.4, -0.2) is 20.7 Å². The SMILES string of the molecule is CC(C)N(Cc1ccccc1)c1ccc(NS(C)(=O)=O)cc1. The number of hydrogen-bond acceptors (Lipinski definition) is 3. The van der Waals surface area contributed by atoms with Crippen molar-refractivity contribution in [2.45, 2.75) is 26.4 Å². The van der Waals surface area contributed by atoms with Crippen LogP contribution in [0.15, 0.2) is 54.6 Å². The van der Waals surface area contributed by atoms with Crippen molar-refractivity contribution >= 4 is 21.4 Å². The zero-order chi connectivity index (χ0) is 16.2. The van der Waals surface area contributed by atoms with Crippen molar-refractivity contribution < 1.29 is 8.42 Å². The molecule has 5 heteroatoms. The molecule has 2 aromatic rings. The first kappa shape index (κ1) is 16.4. The lowest BCUT2D eigenvalue weighted by atomic mass is 10.1. The van der Waals surface area contributed by atoms with E-state index in [0.29, 0.717) is 11.7 Å². The standard InChI is InChI=1S/C17H22N2O2S/c1-14(2)19(13-15-7-5-4-6-8-15)17-11-9-16(10-12-17)18-22(3,20)21/h4-12,14,18H,13H2,1-3H3. The lowest BCUT2D eigenvalue weighted by Gasteiger charge is -2.29. The number of anilines is 2. The maximum Gasteiger partial charge on any atom is 0.229 e. The fraction of sp³-hybridized carbons (Fsp3) is 0.294. The van der Waals surface area contributed by atoms with Crippen LogP contribution in [0.3, 0.4) is 0 Å². The van der Waals surface area contributed by atoms with Crippen molar-refractivity contribution in [3.63, 3.8) is 0 Å². The molecule has 0 bridgehead atoms. The Kier molecular flexibility index (Phi) is 5.08. The van der Waals surface area contributed by atoms with Crippen LogP contribution in [0.25, 0.3) is 0 Å². The average molecular weight is 318 g/mol. The highest BCUT2D eigenvalue weighted by molar-refractivity contribution is 7.92. The molecule has 0 aliphatic carbocycles. The number of rotatable bonds is 6. The maximum atomic E-state index is 11.2. The molecular weight excluding hydrogens is 296 g/mol. The Hall–Kier alpha value is -2.01. The van der Waals surface area contributed by atoms with Crippen LogP contribution in [0.1, 0.15) is 19.4 Å². The van der Waals surface area contributed by atoms with Gasteiger partial charge in [-0.3, -0.25) is 4.72 Å². The molecule has 22 heavy (non-hydrogen) atoms. The zero-order valence-electron chi connectivity index (χ0n) is 13.2. The summed E-state index contributed by atoms with van der Waals surface area (Å²) in [4.78, 5) is 2.28. The van der Waals surface area contributed by atoms with Gasteiger partial charge in [0.15, 0.2) is 0 Å². The van der Waals surface area contributed by atoms with Gasteiger partial charge in [-0.05, 0) is 43.7 Å². The van der Waals surface area contributed by atoms with Gasteiger partial charge in [-0.25, -0.2) is 8.42 Å². The highest BCUT2D eigenvalue weighted by Crippen LogP contribution is 2.22. The van der Waals surface area contributed by atoms with Gasteiger partial charge in [0.2, 0.25) is 10.0 Å². The Balaban J connectivity index is 2.19. The molecule has 118 valence electrons. The van der Waals surface area contributed by atoms with E-state index < -0.39 is 10.0 Å². The summed E-state index contributed by atoms with van der Waals surface area (Å²) in [5.74, 6) is 0. The van der Waals surface area contributed by atoms with Crippen LogP contribution in [-0.2, 0) is 16.6 Å². The lowest BCUT2D eigenvalue weighted by Crippen LogP contribution is -2.30. The number of nitrogens with one attached hydrogen (secondary N) is 1. The van der Waals surface area contributed by atoms with Gasteiger partial charge in [0.05, 0.1) is 6.26 Å². The van der Waals surface area contributed by atoms with E-state index in [0.717, 1.165) is 18.5 Å².